The summed E-state index contributed by atoms with van der Waals surface area (Å²) in [4.78, 5) is 19.4. The highest BCUT2D eigenvalue weighted by Gasteiger charge is 2.18. The monoisotopic (exact) mass is 427 g/mol. The predicted octanol–water partition coefficient (Wildman–Crippen LogP) is 3.64. The van der Waals surface area contributed by atoms with Crippen LogP contribution in [-0.4, -0.2) is 48.5 Å². The minimum Gasteiger partial charge on any atom is -0.451 e. The van der Waals surface area contributed by atoms with Gasteiger partial charge in [0.15, 0.2) is 5.76 Å². The number of anilines is 1. The summed E-state index contributed by atoms with van der Waals surface area (Å²) in [5.41, 5.74) is 10.1. The van der Waals surface area contributed by atoms with Crippen molar-refractivity contribution in [2.24, 2.45) is 5.73 Å². The van der Waals surface area contributed by atoms with Gasteiger partial charge in [-0.15, -0.1) is 0 Å². The molecule has 5 rings (SSSR count). The van der Waals surface area contributed by atoms with Crippen molar-refractivity contribution in [3.8, 4) is 6.07 Å². The molecule has 1 saturated heterocycles. The van der Waals surface area contributed by atoms with E-state index in [0.29, 0.717) is 5.58 Å². The summed E-state index contributed by atoms with van der Waals surface area (Å²) < 4.78 is 5.48. The Morgan fingerprint density at radius 3 is 2.78 bits per heavy atom. The van der Waals surface area contributed by atoms with Crippen LogP contribution in [0.5, 0.6) is 0 Å². The Kier molecular flexibility index (Phi) is 5.29. The molecule has 162 valence electrons. The standard InChI is InChI=1S/C25H25N5O2/c26-15-19-16-28-21-5-1-3-17(24(19)21)4-2-8-29-9-11-30(12-10-29)20-6-7-22-18(13-20)14-23(32-22)25(27)31/h1,3,5-7,13-14,16,28H,2,4,8-12H2,(H2,27,31). The van der Waals surface area contributed by atoms with Gasteiger partial charge in [0.05, 0.1) is 5.56 Å². The molecule has 0 bridgehead atoms. The third-order valence-corrected chi connectivity index (χ3v) is 6.31. The predicted molar refractivity (Wildman–Crippen MR) is 125 cm³/mol. The molecule has 3 N–H and O–H groups in total. The molecular weight excluding hydrogens is 402 g/mol. The molecule has 2 aromatic heterocycles. The number of nitrogens with two attached hydrogens (primary N) is 1. The topological polar surface area (TPSA) is 102 Å². The number of nitriles is 1. The molecule has 0 radical (unpaired) electrons. The number of piperazine rings is 1. The number of amides is 1. The number of benzene rings is 2. The fraction of sp³-hybridized carbons (Fsp3) is 0.280. The van der Waals surface area contributed by atoms with Crippen molar-refractivity contribution in [2.75, 3.05) is 37.6 Å². The Labute approximate surface area is 186 Å². The van der Waals surface area contributed by atoms with E-state index in [2.05, 4.69) is 39.1 Å². The number of rotatable bonds is 6. The molecule has 3 heterocycles. The van der Waals surface area contributed by atoms with E-state index in [0.717, 1.165) is 73.1 Å². The van der Waals surface area contributed by atoms with Crippen LogP contribution < -0.4 is 10.6 Å². The van der Waals surface area contributed by atoms with Crippen LogP contribution in [0.3, 0.4) is 0 Å². The maximum Gasteiger partial charge on any atom is 0.284 e. The molecule has 4 aromatic rings. The van der Waals surface area contributed by atoms with Gasteiger partial charge in [-0.2, -0.15) is 5.26 Å². The molecule has 0 atom stereocenters. The molecule has 0 aliphatic carbocycles. The van der Waals surface area contributed by atoms with E-state index in [4.69, 9.17) is 10.2 Å². The zero-order valence-corrected chi connectivity index (χ0v) is 17.8. The quantitative estimate of drug-likeness (QED) is 0.489. The first-order valence-corrected chi connectivity index (χ1v) is 10.9. The summed E-state index contributed by atoms with van der Waals surface area (Å²) in [6.07, 6.45) is 3.82. The maximum atomic E-state index is 11.3. The molecule has 1 aliphatic rings. The zero-order chi connectivity index (χ0) is 22.1. The zero-order valence-electron chi connectivity index (χ0n) is 17.8. The smallest absolute Gasteiger partial charge is 0.284 e. The summed E-state index contributed by atoms with van der Waals surface area (Å²) in [6.45, 7) is 4.97. The number of H-pyrrole nitrogens is 1. The maximum absolute atomic E-state index is 11.3. The Morgan fingerprint density at radius 1 is 1.16 bits per heavy atom. The van der Waals surface area contributed by atoms with E-state index in [1.54, 1.807) is 12.3 Å². The number of primary amides is 1. The second kappa shape index (κ2) is 8.40. The Hall–Kier alpha value is -3.76. The minimum absolute atomic E-state index is 0.194. The average Bonchev–Trinajstić information content (AvgIpc) is 3.43. The number of hydrogen-bond acceptors (Lipinski definition) is 5. The Bertz CT molecular complexity index is 1320. The summed E-state index contributed by atoms with van der Waals surface area (Å²) in [5.74, 6) is -0.354. The average molecular weight is 428 g/mol. The molecule has 2 aromatic carbocycles. The van der Waals surface area contributed by atoms with E-state index in [1.807, 2.05) is 18.2 Å². The highest BCUT2D eigenvalue weighted by Crippen LogP contribution is 2.26. The number of aromatic nitrogens is 1. The lowest BCUT2D eigenvalue weighted by Crippen LogP contribution is -2.46. The second-order valence-electron chi connectivity index (χ2n) is 8.28. The molecule has 0 saturated carbocycles. The number of hydrogen-bond donors (Lipinski definition) is 2. The molecule has 1 amide bonds. The van der Waals surface area contributed by atoms with Crippen LogP contribution in [0, 0.1) is 11.3 Å². The summed E-state index contributed by atoms with van der Waals surface area (Å²) in [5, 5.41) is 11.3. The van der Waals surface area contributed by atoms with Crippen LogP contribution in [0.2, 0.25) is 0 Å². The van der Waals surface area contributed by atoms with E-state index in [-0.39, 0.29) is 5.76 Å². The van der Waals surface area contributed by atoms with Crippen molar-refractivity contribution in [2.45, 2.75) is 12.8 Å². The number of nitrogens with one attached hydrogen (secondary N) is 1. The van der Waals surface area contributed by atoms with E-state index in [9.17, 15) is 10.1 Å². The van der Waals surface area contributed by atoms with Crippen LogP contribution >= 0.6 is 0 Å². The molecule has 0 spiro atoms. The molecule has 7 heteroatoms. The minimum atomic E-state index is -0.548. The summed E-state index contributed by atoms with van der Waals surface area (Å²) in [7, 11) is 0. The van der Waals surface area contributed by atoms with Gasteiger partial charge in [0.2, 0.25) is 0 Å². The fourth-order valence-corrected chi connectivity index (χ4v) is 4.63. The second-order valence-corrected chi connectivity index (χ2v) is 8.28. The SMILES string of the molecule is N#Cc1c[nH]c2cccc(CCCN3CCN(c4ccc5oc(C(N)=O)cc5c4)CC3)c12. The van der Waals surface area contributed by atoms with E-state index >= 15 is 0 Å². The van der Waals surface area contributed by atoms with Crippen LogP contribution in [0.1, 0.15) is 28.1 Å². The van der Waals surface area contributed by atoms with Crippen molar-refractivity contribution < 1.29 is 9.21 Å². The first kappa shape index (κ1) is 20.2. The van der Waals surface area contributed by atoms with Crippen molar-refractivity contribution in [3.63, 3.8) is 0 Å². The van der Waals surface area contributed by atoms with Crippen molar-refractivity contribution in [1.29, 1.82) is 5.26 Å². The lowest BCUT2D eigenvalue weighted by Gasteiger charge is -2.36. The van der Waals surface area contributed by atoms with Crippen molar-refractivity contribution in [3.05, 3.63) is 65.5 Å². The van der Waals surface area contributed by atoms with Crippen LogP contribution in [-0.2, 0) is 6.42 Å². The van der Waals surface area contributed by atoms with Crippen molar-refractivity contribution >= 4 is 33.5 Å². The van der Waals surface area contributed by atoms with Gasteiger partial charge in [-0.25, -0.2) is 0 Å². The number of fused-ring (bicyclic) bond motifs is 2. The summed E-state index contributed by atoms with van der Waals surface area (Å²) >= 11 is 0. The lowest BCUT2D eigenvalue weighted by molar-refractivity contribution is 0.0976. The first-order chi connectivity index (χ1) is 15.6. The Balaban J connectivity index is 1.17. The molecule has 0 unspecified atom stereocenters. The molecule has 7 nitrogen and oxygen atoms in total. The largest absolute Gasteiger partial charge is 0.451 e. The highest BCUT2D eigenvalue weighted by molar-refractivity contribution is 5.95. The van der Waals surface area contributed by atoms with Gasteiger partial charge >= 0.3 is 0 Å². The molecule has 1 fully saturated rings. The van der Waals surface area contributed by atoms with Crippen LogP contribution in [0.4, 0.5) is 5.69 Å². The first-order valence-electron chi connectivity index (χ1n) is 10.9. The van der Waals surface area contributed by atoms with E-state index < -0.39 is 5.91 Å². The molecule has 32 heavy (non-hydrogen) atoms. The van der Waals surface area contributed by atoms with Gasteiger partial charge in [-0.05, 0) is 55.3 Å². The number of aryl methyl sites for hydroxylation is 1. The molecule has 1 aliphatic heterocycles. The Morgan fingerprint density at radius 2 is 2.00 bits per heavy atom. The van der Waals surface area contributed by atoms with Crippen LogP contribution in [0.25, 0.3) is 21.9 Å². The van der Waals surface area contributed by atoms with Crippen molar-refractivity contribution in [1.82, 2.24) is 9.88 Å². The van der Waals surface area contributed by atoms with Gasteiger partial charge in [-0.1, -0.05) is 12.1 Å². The summed E-state index contributed by atoms with van der Waals surface area (Å²) in [6, 6.07) is 16.2. The number of aromatic amines is 1. The third kappa shape index (κ3) is 3.81. The van der Waals surface area contributed by atoms with Gasteiger partial charge in [0.25, 0.3) is 5.91 Å². The van der Waals surface area contributed by atoms with Gasteiger partial charge in [0.1, 0.15) is 11.7 Å². The third-order valence-electron chi connectivity index (χ3n) is 6.31. The highest BCUT2D eigenvalue weighted by atomic mass is 16.3. The van der Waals surface area contributed by atoms with Gasteiger partial charge in [-0.3, -0.25) is 9.69 Å². The van der Waals surface area contributed by atoms with Crippen LogP contribution in [0.15, 0.2) is 53.1 Å². The fourth-order valence-electron chi connectivity index (χ4n) is 4.63. The number of nitrogens with zero attached hydrogens (tertiary/aromatic N) is 3. The number of furan rings is 1. The normalized spacial score (nSPS) is 14.8. The van der Waals surface area contributed by atoms with Gasteiger partial charge in [0, 0.05) is 54.4 Å². The lowest BCUT2D eigenvalue weighted by atomic mass is 10.0. The van der Waals surface area contributed by atoms with Gasteiger partial charge < -0.3 is 20.0 Å². The number of carbonyl (C=O) groups is 1. The van der Waals surface area contributed by atoms with E-state index in [1.165, 1.54) is 5.56 Å². The number of carbonyl (C=O) groups excluding carboxylic acids is 1. The molecular formula is C25H25N5O2.